The molecule has 0 aliphatic carbocycles. The second-order valence-electron chi connectivity index (χ2n) is 7.78. The number of aromatic amines is 1. The zero-order valence-electron chi connectivity index (χ0n) is 16.0. The minimum absolute atomic E-state index is 0.651. The predicted molar refractivity (Wildman–Crippen MR) is 111 cm³/mol. The number of para-hydroxylation sites is 3. The average molecular weight is 371 g/mol. The average Bonchev–Trinajstić information content (AvgIpc) is 3.35. The summed E-state index contributed by atoms with van der Waals surface area (Å²) in [4.78, 5) is 10.8. The lowest BCUT2D eigenvalue weighted by atomic mass is 9.94. The number of rotatable bonds is 5. The highest BCUT2D eigenvalue weighted by Crippen LogP contribution is 2.23. The van der Waals surface area contributed by atoms with Crippen molar-refractivity contribution < 1.29 is 0 Å². The molecule has 1 aliphatic heterocycles. The van der Waals surface area contributed by atoms with Crippen LogP contribution in [0.1, 0.15) is 24.2 Å². The van der Waals surface area contributed by atoms with E-state index in [2.05, 4.69) is 51.5 Å². The van der Waals surface area contributed by atoms with Gasteiger partial charge in [-0.05, 0) is 49.6 Å². The van der Waals surface area contributed by atoms with Crippen molar-refractivity contribution in [2.45, 2.75) is 25.8 Å². The second-order valence-corrected chi connectivity index (χ2v) is 7.78. The molecule has 0 saturated carbocycles. The van der Waals surface area contributed by atoms with Crippen molar-refractivity contribution in [2.24, 2.45) is 5.92 Å². The van der Waals surface area contributed by atoms with Gasteiger partial charge in [0.15, 0.2) is 0 Å². The zero-order valence-corrected chi connectivity index (χ0v) is 16.0. The molecule has 1 atom stereocenters. The number of H-pyrrole nitrogens is 1. The van der Waals surface area contributed by atoms with Gasteiger partial charge in [-0.3, -0.25) is 4.90 Å². The number of hydrogen-bond acceptors (Lipinski definition) is 3. The highest BCUT2D eigenvalue weighted by molar-refractivity contribution is 5.74. The van der Waals surface area contributed by atoms with E-state index in [0.717, 1.165) is 48.6 Å². The number of imidazole rings is 1. The molecule has 5 nitrogen and oxygen atoms in total. The summed E-state index contributed by atoms with van der Waals surface area (Å²) >= 11 is 0. The van der Waals surface area contributed by atoms with E-state index >= 15 is 0 Å². The van der Waals surface area contributed by atoms with Crippen molar-refractivity contribution in [1.82, 2.24) is 24.6 Å². The highest BCUT2D eigenvalue weighted by Gasteiger charge is 2.22. The fourth-order valence-electron chi connectivity index (χ4n) is 4.26. The molecule has 142 valence electrons. The van der Waals surface area contributed by atoms with Crippen LogP contribution in [0.15, 0.2) is 67.0 Å². The van der Waals surface area contributed by atoms with E-state index in [1.807, 2.05) is 35.1 Å². The third-order valence-electron chi connectivity index (χ3n) is 5.59. The molecular formula is C23H25N5. The van der Waals surface area contributed by atoms with E-state index in [4.69, 9.17) is 4.98 Å². The molecule has 3 heterocycles. The molecule has 2 aromatic heterocycles. The molecule has 0 amide bonds. The van der Waals surface area contributed by atoms with Gasteiger partial charge < -0.3 is 4.98 Å². The number of hydrogen-bond donors (Lipinski definition) is 1. The molecule has 4 aromatic rings. The maximum Gasteiger partial charge on any atom is 0.107 e. The topological polar surface area (TPSA) is 49.7 Å². The van der Waals surface area contributed by atoms with Gasteiger partial charge in [0.2, 0.25) is 0 Å². The lowest BCUT2D eigenvalue weighted by Crippen LogP contribution is -2.35. The largest absolute Gasteiger partial charge is 0.342 e. The Morgan fingerprint density at radius 3 is 2.79 bits per heavy atom. The van der Waals surface area contributed by atoms with Crippen LogP contribution in [0.4, 0.5) is 0 Å². The molecule has 1 saturated heterocycles. The molecular weight excluding hydrogens is 346 g/mol. The van der Waals surface area contributed by atoms with Gasteiger partial charge in [-0.2, -0.15) is 5.10 Å². The van der Waals surface area contributed by atoms with Gasteiger partial charge >= 0.3 is 0 Å². The molecule has 28 heavy (non-hydrogen) atoms. The van der Waals surface area contributed by atoms with Gasteiger partial charge in [-0.15, -0.1) is 0 Å². The summed E-state index contributed by atoms with van der Waals surface area (Å²) in [6.07, 6.45) is 7.69. The third kappa shape index (κ3) is 3.71. The van der Waals surface area contributed by atoms with Crippen LogP contribution in [0, 0.1) is 5.92 Å². The normalized spacial score (nSPS) is 17.9. The Hall–Kier alpha value is -2.92. The monoisotopic (exact) mass is 371 g/mol. The van der Waals surface area contributed by atoms with E-state index in [-0.39, 0.29) is 0 Å². The van der Waals surface area contributed by atoms with Crippen molar-refractivity contribution in [2.75, 3.05) is 13.1 Å². The first-order valence-electron chi connectivity index (χ1n) is 10.1. The van der Waals surface area contributed by atoms with Crippen LogP contribution in [0.2, 0.25) is 0 Å². The molecule has 1 unspecified atom stereocenters. The first kappa shape index (κ1) is 17.2. The molecule has 0 radical (unpaired) electrons. The summed E-state index contributed by atoms with van der Waals surface area (Å²) in [6.45, 7) is 3.24. The summed E-state index contributed by atoms with van der Waals surface area (Å²) < 4.78 is 1.96. The summed E-state index contributed by atoms with van der Waals surface area (Å²) in [5.74, 6) is 1.77. The molecule has 1 aliphatic rings. The van der Waals surface area contributed by atoms with E-state index in [1.165, 1.54) is 18.4 Å². The van der Waals surface area contributed by atoms with E-state index < -0.39 is 0 Å². The Balaban J connectivity index is 1.23. The SMILES string of the molecule is c1ccc(-n2cc(CN3CCCC(Cc4nc5ccccc5[nH]4)C3)cn2)cc1. The Bertz CT molecular complexity index is 1020. The molecule has 5 heteroatoms. The maximum atomic E-state index is 4.77. The minimum atomic E-state index is 0.651. The Labute approximate surface area is 165 Å². The van der Waals surface area contributed by atoms with Gasteiger partial charge in [-0.1, -0.05) is 30.3 Å². The van der Waals surface area contributed by atoms with Crippen LogP contribution < -0.4 is 0 Å². The van der Waals surface area contributed by atoms with E-state index in [0.29, 0.717) is 5.92 Å². The highest BCUT2D eigenvalue weighted by atomic mass is 15.3. The maximum absolute atomic E-state index is 4.77. The van der Waals surface area contributed by atoms with Gasteiger partial charge in [-0.25, -0.2) is 9.67 Å². The minimum Gasteiger partial charge on any atom is -0.342 e. The summed E-state index contributed by atoms with van der Waals surface area (Å²) in [5.41, 5.74) is 4.58. The van der Waals surface area contributed by atoms with Gasteiger partial charge in [0.1, 0.15) is 5.82 Å². The van der Waals surface area contributed by atoms with Crippen molar-refractivity contribution >= 4 is 11.0 Å². The van der Waals surface area contributed by atoms with Crippen LogP contribution in [-0.4, -0.2) is 37.7 Å². The van der Waals surface area contributed by atoms with Crippen molar-refractivity contribution in [3.8, 4) is 5.69 Å². The molecule has 2 aromatic carbocycles. The second kappa shape index (κ2) is 7.60. The zero-order chi connectivity index (χ0) is 18.8. The fraction of sp³-hybridized carbons (Fsp3) is 0.304. The smallest absolute Gasteiger partial charge is 0.107 e. The van der Waals surface area contributed by atoms with E-state index in [1.54, 1.807) is 0 Å². The van der Waals surface area contributed by atoms with Crippen molar-refractivity contribution in [3.05, 3.63) is 78.4 Å². The predicted octanol–water partition coefficient (Wildman–Crippen LogP) is 4.20. The van der Waals surface area contributed by atoms with Crippen LogP contribution in [0.5, 0.6) is 0 Å². The fourth-order valence-corrected chi connectivity index (χ4v) is 4.26. The number of benzene rings is 2. The number of nitrogens with zero attached hydrogens (tertiary/aromatic N) is 4. The Morgan fingerprint density at radius 1 is 1.04 bits per heavy atom. The lowest BCUT2D eigenvalue weighted by Gasteiger charge is -2.32. The summed E-state index contributed by atoms with van der Waals surface area (Å²) in [7, 11) is 0. The summed E-state index contributed by atoms with van der Waals surface area (Å²) in [6, 6.07) is 18.6. The van der Waals surface area contributed by atoms with Gasteiger partial charge in [0, 0.05) is 31.3 Å². The number of fused-ring (bicyclic) bond motifs is 1. The van der Waals surface area contributed by atoms with Gasteiger partial charge in [0.05, 0.1) is 22.9 Å². The number of aromatic nitrogens is 4. The Morgan fingerprint density at radius 2 is 1.89 bits per heavy atom. The van der Waals surface area contributed by atoms with Crippen LogP contribution in [0.3, 0.4) is 0 Å². The van der Waals surface area contributed by atoms with E-state index in [9.17, 15) is 0 Å². The van der Waals surface area contributed by atoms with Crippen molar-refractivity contribution in [1.29, 1.82) is 0 Å². The number of likely N-dealkylation sites (tertiary alicyclic amines) is 1. The lowest BCUT2D eigenvalue weighted by molar-refractivity contribution is 0.166. The number of piperidine rings is 1. The van der Waals surface area contributed by atoms with Crippen LogP contribution >= 0.6 is 0 Å². The summed E-state index contributed by atoms with van der Waals surface area (Å²) in [5, 5.41) is 4.54. The van der Waals surface area contributed by atoms with Crippen LogP contribution in [-0.2, 0) is 13.0 Å². The van der Waals surface area contributed by atoms with Gasteiger partial charge in [0.25, 0.3) is 0 Å². The molecule has 1 N–H and O–H groups in total. The quantitative estimate of drug-likeness (QED) is 0.572. The third-order valence-corrected chi connectivity index (χ3v) is 5.59. The van der Waals surface area contributed by atoms with Crippen LogP contribution in [0.25, 0.3) is 16.7 Å². The van der Waals surface area contributed by atoms with Crippen molar-refractivity contribution in [3.63, 3.8) is 0 Å². The first-order valence-corrected chi connectivity index (χ1v) is 10.1. The molecule has 5 rings (SSSR count). The molecule has 1 fully saturated rings. The molecule has 0 spiro atoms. The molecule has 0 bridgehead atoms. The first-order chi connectivity index (χ1) is 13.8. The number of nitrogens with one attached hydrogen (secondary N) is 1. The Kier molecular flexibility index (Phi) is 4.67. The standard InChI is InChI=1S/C23H25N5/c1-2-8-20(9-3-1)28-17-19(14-24-28)16-27-12-6-7-18(15-27)13-23-25-21-10-4-5-11-22(21)26-23/h1-5,8-11,14,17-18H,6-7,12-13,15-16H2,(H,25,26).